The monoisotopic (exact) mass is 445 g/mol. The first-order chi connectivity index (χ1) is 14.5. The summed E-state index contributed by atoms with van der Waals surface area (Å²) in [7, 11) is 0. The van der Waals surface area contributed by atoms with Gasteiger partial charge in [0.05, 0.1) is 5.02 Å². The molecule has 0 saturated heterocycles. The average molecular weight is 446 g/mol. The van der Waals surface area contributed by atoms with E-state index in [1.165, 1.54) is 12.8 Å². The first kappa shape index (κ1) is 24.5. The van der Waals surface area contributed by atoms with E-state index in [2.05, 4.69) is 59.8 Å². The van der Waals surface area contributed by atoms with Crippen LogP contribution in [0.5, 0.6) is 0 Å². The fourth-order valence-corrected chi connectivity index (χ4v) is 6.34. The third-order valence-corrected chi connectivity index (χ3v) is 9.41. The average Bonchev–Trinajstić information content (AvgIpc) is 2.69. The van der Waals surface area contributed by atoms with Gasteiger partial charge in [-0.1, -0.05) is 77.4 Å². The van der Waals surface area contributed by atoms with Crippen molar-refractivity contribution in [3.63, 3.8) is 0 Å². The van der Waals surface area contributed by atoms with Gasteiger partial charge in [0.15, 0.2) is 0 Å². The minimum absolute atomic E-state index is 0.0208. The highest BCUT2D eigenvalue weighted by Crippen LogP contribution is 2.48. The van der Waals surface area contributed by atoms with Gasteiger partial charge < -0.3 is 5.41 Å². The fraction of sp³-hybridized carbons (Fsp3) is 0.679. The van der Waals surface area contributed by atoms with Gasteiger partial charge >= 0.3 is 0 Å². The Bertz CT molecular complexity index is 832. The number of rotatable bonds is 8. The third kappa shape index (κ3) is 4.65. The van der Waals surface area contributed by atoms with E-state index in [1.54, 1.807) is 6.21 Å². The molecule has 0 aliphatic heterocycles. The molecule has 0 heterocycles. The highest BCUT2D eigenvalue weighted by Gasteiger charge is 2.40. The van der Waals surface area contributed by atoms with Gasteiger partial charge in [-0.2, -0.15) is 0 Å². The number of nitrogens with one attached hydrogen (secondary N) is 1. The summed E-state index contributed by atoms with van der Waals surface area (Å²) in [6.07, 6.45) is 13.5. The van der Waals surface area contributed by atoms with Gasteiger partial charge in [-0.05, 0) is 84.7 Å². The van der Waals surface area contributed by atoms with Crippen LogP contribution in [0, 0.1) is 39.8 Å². The van der Waals surface area contributed by atoms with Gasteiger partial charge in [0.25, 0.3) is 0 Å². The van der Waals surface area contributed by atoms with E-state index in [-0.39, 0.29) is 22.1 Å². The molecular weight excluding hydrogens is 405 g/mol. The molecule has 0 aromatic heterocycles. The molecule has 0 bridgehead atoms. The standard InChI is InChI=1S/C28H41ClFN/c1-7-28(6,18-31)22-14-12-20(13-15-22)26(2,3)17-19-11-16-23(24(29)25(19)30)27(4,5)21-9-8-10-21/h8-9,11,16,18,20-22,31H,7,10,12-15,17H2,1-6H3. The quantitative estimate of drug-likeness (QED) is 0.305. The zero-order valence-corrected chi connectivity index (χ0v) is 21.1. The van der Waals surface area contributed by atoms with E-state index in [0.717, 1.165) is 36.8 Å². The van der Waals surface area contributed by atoms with Gasteiger partial charge in [0.2, 0.25) is 0 Å². The van der Waals surface area contributed by atoms with Crippen molar-refractivity contribution in [2.75, 3.05) is 0 Å². The van der Waals surface area contributed by atoms with E-state index in [1.807, 2.05) is 6.07 Å². The molecule has 31 heavy (non-hydrogen) atoms. The number of hydrogen-bond donors (Lipinski definition) is 1. The van der Waals surface area contributed by atoms with Crippen molar-refractivity contribution in [3.8, 4) is 0 Å². The zero-order chi connectivity index (χ0) is 23.0. The van der Waals surface area contributed by atoms with Crippen molar-refractivity contribution in [1.82, 2.24) is 0 Å². The number of halogens is 2. The molecule has 1 saturated carbocycles. The topological polar surface area (TPSA) is 23.9 Å². The van der Waals surface area contributed by atoms with Crippen LogP contribution in [0.3, 0.4) is 0 Å². The first-order valence-electron chi connectivity index (χ1n) is 12.1. The van der Waals surface area contributed by atoms with Gasteiger partial charge in [-0.15, -0.1) is 0 Å². The molecule has 2 unspecified atom stereocenters. The lowest BCUT2D eigenvalue weighted by Gasteiger charge is -2.44. The van der Waals surface area contributed by atoms with Crippen molar-refractivity contribution >= 4 is 17.8 Å². The number of hydrogen-bond acceptors (Lipinski definition) is 1. The van der Waals surface area contributed by atoms with Crippen LogP contribution in [0.15, 0.2) is 24.3 Å². The lowest BCUT2D eigenvalue weighted by atomic mass is 9.61. The molecule has 2 aliphatic carbocycles. The fourth-order valence-electron chi connectivity index (χ4n) is 5.91. The Hall–Kier alpha value is -1.15. The summed E-state index contributed by atoms with van der Waals surface area (Å²) < 4.78 is 15.4. The van der Waals surface area contributed by atoms with Crippen LogP contribution in [0.25, 0.3) is 0 Å². The summed E-state index contributed by atoms with van der Waals surface area (Å²) in [4.78, 5) is 0. The largest absolute Gasteiger partial charge is 0.313 e. The van der Waals surface area contributed by atoms with Crippen LogP contribution in [-0.4, -0.2) is 6.21 Å². The predicted octanol–water partition coefficient (Wildman–Crippen LogP) is 8.77. The molecule has 3 heteroatoms. The van der Waals surface area contributed by atoms with Crippen LogP contribution in [0.1, 0.15) is 91.2 Å². The van der Waals surface area contributed by atoms with Crippen LogP contribution in [0.4, 0.5) is 4.39 Å². The second kappa shape index (κ2) is 9.00. The van der Waals surface area contributed by atoms with E-state index in [0.29, 0.717) is 29.2 Å². The summed E-state index contributed by atoms with van der Waals surface area (Å²) in [5.74, 6) is 1.37. The SMILES string of the molecule is CCC(C)(C=N)C1CCC(C(C)(C)Cc2ccc(C(C)(C)C3C=CC3)c(Cl)c2F)CC1. The molecule has 0 amide bonds. The highest BCUT2D eigenvalue weighted by atomic mass is 35.5. The number of benzene rings is 1. The molecule has 0 spiro atoms. The molecule has 1 fully saturated rings. The Labute approximate surface area is 194 Å². The van der Waals surface area contributed by atoms with Crippen LogP contribution in [-0.2, 0) is 11.8 Å². The van der Waals surface area contributed by atoms with Gasteiger partial charge in [0, 0.05) is 11.6 Å². The molecule has 1 aromatic carbocycles. The van der Waals surface area contributed by atoms with Gasteiger partial charge in [-0.25, -0.2) is 4.39 Å². The summed E-state index contributed by atoms with van der Waals surface area (Å²) in [5, 5.41) is 8.19. The highest BCUT2D eigenvalue weighted by molar-refractivity contribution is 6.31. The molecule has 3 rings (SSSR count). The van der Waals surface area contributed by atoms with Crippen molar-refractivity contribution in [3.05, 3.63) is 46.3 Å². The summed E-state index contributed by atoms with van der Waals surface area (Å²) in [5.41, 5.74) is 1.57. The molecule has 1 aromatic rings. The summed E-state index contributed by atoms with van der Waals surface area (Å²) in [6.45, 7) is 13.3. The predicted molar refractivity (Wildman–Crippen MR) is 132 cm³/mol. The third-order valence-electron chi connectivity index (χ3n) is 9.04. The lowest BCUT2D eigenvalue weighted by molar-refractivity contribution is 0.0976. The van der Waals surface area contributed by atoms with Crippen LogP contribution < -0.4 is 0 Å². The molecule has 2 atom stereocenters. The maximum Gasteiger partial charge on any atom is 0.145 e. The second-order valence-electron chi connectivity index (χ2n) is 11.6. The van der Waals surface area contributed by atoms with Crippen molar-refractivity contribution < 1.29 is 4.39 Å². The normalized spacial score (nSPS) is 26.3. The zero-order valence-electron chi connectivity index (χ0n) is 20.3. The molecule has 2 aliphatic rings. The van der Waals surface area contributed by atoms with Crippen molar-refractivity contribution in [2.24, 2.45) is 28.6 Å². The van der Waals surface area contributed by atoms with Gasteiger partial charge in [-0.3, -0.25) is 0 Å². The maximum absolute atomic E-state index is 15.4. The van der Waals surface area contributed by atoms with Crippen LogP contribution >= 0.6 is 11.6 Å². The van der Waals surface area contributed by atoms with E-state index in [4.69, 9.17) is 17.0 Å². The van der Waals surface area contributed by atoms with Crippen molar-refractivity contribution in [1.29, 1.82) is 5.41 Å². The van der Waals surface area contributed by atoms with E-state index in [9.17, 15) is 0 Å². The van der Waals surface area contributed by atoms with E-state index < -0.39 is 0 Å². The Kier molecular flexibility index (Phi) is 7.11. The van der Waals surface area contributed by atoms with E-state index >= 15 is 4.39 Å². The summed E-state index contributed by atoms with van der Waals surface area (Å²) >= 11 is 6.60. The molecule has 0 radical (unpaired) electrons. The Morgan fingerprint density at radius 2 is 1.65 bits per heavy atom. The molecule has 1 nitrogen and oxygen atoms in total. The Morgan fingerprint density at radius 3 is 2.13 bits per heavy atom. The Balaban J connectivity index is 1.73. The molecule has 1 N–H and O–H groups in total. The minimum atomic E-state index is -0.223. The maximum atomic E-state index is 15.4. The van der Waals surface area contributed by atoms with Crippen LogP contribution in [0.2, 0.25) is 5.02 Å². The second-order valence-corrected chi connectivity index (χ2v) is 12.0. The summed E-state index contributed by atoms with van der Waals surface area (Å²) in [6, 6.07) is 4.05. The first-order valence-corrected chi connectivity index (χ1v) is 12.5. The minimum Gasteiger partial charge on any atom is -0.313 e. The lowest BCUT2D eigenvalue weighted by Crippen LogP contribution is -2.36. The van der Waals surface area contributed by atoms with Crippen molar-refractivity contribution in [2.45, 2.75) is 91.9 Å². The molecular formula is C28H41ClFN. The number of allylic oxidation sites excluding steroid dienone is 2. The Morgan fingerprint density at radius 1 is 1.06 bits per heavy atom. The molecule has 172 valence electrons. The van der Waals surface area contributed by atoms with Gasteiger partial charge in [0.1, 0.15) is 5.82 Å². The smallest absolute Gasteiger partial charge is 0.145 e.